The lowest BCUT2D eigenvalue weighted by molar-refractivity contribution is -0.117. The first-order chi connectivity index (χ1) is 14.5. The van der Waals surface area contributed by atoms with Crippen LogP contribution >= 0.6 is 11.8 Å². The lowest BCUT2D eigenvalue weighted by Crippen LogP contribution is -2.40. The highest BCUT2D eigenvalue weighted by Gasteiger charge is 2.29. The molecular weight excluding hydrogens is 398 g/mol. The van der Waals surface area contributed by atoms with Crippen molar-refractivity contribution in [2.75, 3.05) is 42.6 Å². The fraction of sp³-hybridized carbons (Fsp3) is 0.591. The van der Waals surface area contributed by atoms with Crippen LogP contribution in [0.15, 0.2) is 29.4 Å². The molecule has 1 fully saturated rings. The molecule has 30 heavy (non-hydrogen) atoms. The van der Waals surface area contributed by atoms with Gasteiger partial charge in [-0.2, -0.15) is 0 Å². The lowest BCUT2D eigenvalue weighted by Gasteiger charge is -2.31. The number of aromatic nitrogens is 3. The number of ether oxygens (including phenoxy) is 1. The van der Waals surface area contributed by atoms with E-state index in [0.717, 1.165) is 55.8 Å². The van der Waals surface area contributed by atoms with Gasteiger partial charge in [0, 0.05) is 31.9 Å². The second kappa shape index (κ2) is 9.39. The quantitative estimate of drug-likeness (QED) is 0.657. The van der Waals surface area contributed by atoms with Gasteiger partial charge in [0.1, 0.15) is 0 Å². The Labute approximate surface area is 182 Å². The van der Waals surface area contributed by atoms with Gasteiger partial charge in [-0.15, -0.1) is 10.2 Å². The van der Waals surface area contributed by atoms with Crippen LogP contribution in [0.25, 0.3) is 0 Å². The van der Waals surface area contributed by atoms with Gasteiger partial charge in [0.15, 0.2) is 5.16 Å². The first kappa shape index (κ1) is 21.2. The van der Waals surface area contributed by atoms with E-state index in [2.05, 4.69) is 45.6 Å². The topological polar surface area (TPSA) is 63.5 Å². The number of fused-ring (bicyclic) bond motifs is 1. The molecule has 8 heteroatoms. The Kier molecular flexibility index (Phi) is 6.63. The van der Waals surface area contributed by atoms with Crippen molar-refractivity contribution in [2.45, 2.75) is 50.6 Å². The van der Waals surface area contributed by atoms with Crippen LogP contribution in [-0.2, 0) is 22.5 Å². The van der Waals surface area contributed by atoms with E-state index in [1.807, 2.05) is 24.0 Å². The second-order valence-corrected chi connectivity index (χ2v) is 9.68. The molecule has 0 radical (unpaired) electrons. The molecule has 1 aromatic heterocycles. The summed E-state index contributed by atoms with van der Waals surface area (Å²) in [7, 11) is 0. The standard InChI is InChI=1S/C22H31N5O2S/c1-16(2)15-27-21(25-11-13-29-14-12-25)23-24-22(27)30-17(3)20(28)26-10-6-8-18-7-4-5-9-19(18)26/h4-5,7,9,16-17H,6,8,10-15H2,1-3H3. The molecule has 7 nitrogen and oxygen atoms in total. The summed E-state index contributed by atoms with van der Waals surface area (Å²) >= 11 is 1.51. The van der Waals surface area contributed by atoms with Gasteiger partial charge in [-0.1, -0.05) is 43.8 Å². The smallest absolute Gasteiger partial charge is 0.240 e. The third kappa shape index (κ3) is 4.49. The number of aryl methyl sites for hydroxylation is 1. The Balaban J connectivity index is 1.53. The number of rotatable bonds is 6. The fourth-order valence-corrected chi connectivity index (χ4v) is 5.00. The highest BCUT2D eigenvalue weighted by atomic mass is 32.2. The summed E-state index contributed by atoms with van der Waals surface area (Å²) in [5.41, 5.74) is 2.31. The van der Waals surface area contributed by atoms with Gasteiger partial charge in [-0.3, -0.25) is 9.36 Å². The predicted molar refractivity (Wildman–Crippen MR) is 120 cm³/mol. The first-order valence-corrected chi connectivity index (χ1v) is 11.7. The summed E-state index contributed by atoms with van der Waals surface area (Å²) in [6, 6.07) is 8.24. The summed E-state index contributed by atoms with van der Waals surface area (Å²) < 4.78 is 7.66. The minimum absolute atomic E-state index is 0.138. The van der Waals surface area contributed by atoms with Crippen molar-refractivity contribution < 1.29 is 9.53 Å². The maximum atomic E-state index is 13.3. The molecule has 0 spiro atoms. The minimum Gasteiger partial charge on any atom is -0.378 e. The SMILES string of the molecule is CC(C)Cn1c(SC(C)C(=O)N2CCCc3ccccc32)nnc1N1CCOCC1. The van der Waals surface area contributed by atoms with Gasteiger partial charge >= 0.3 is 0 Å². The molecule has 0 aliphatic carbocycles. The molecule has 1 atom stereocenters. The maximum Gasteiger partial charge on any atom is 0.240 e. The van der Waals surface area contributed by atoms with E-state index in [0.29, 0.717) is 19.1 Å². The summed E-state index contributed by atoms with van der Waals surface area (Å²) in [5, 5.41) is 9.55. The highest BCUT2D eigenvalue weighted by Crippen LogP contribution is 2.32. The van der Waals surface area contributed by atoms with Gasteiger partial charge < -0.3 is 14.5 Å². The number of anilines is 2. The molecule has 2 aromatic rings. The van der Waals surface area contributed by atoms with E-state index in [4.69, 9.17) is 4.74 Å². The van der Waals surface area contributed by atoms with Gasteiger partial charge in [0.05, 0.1) is 18.5 Å². The van der Waals surface area contributed by atoms with Crippen LogP contribution in [0.1, 0.15) is 32.8 Å². The molecule has 162 valence electrons. The van der Waals surface area contributed by atoms with Crippen LogP contribution in [0.4, 0.5) is 11.6 Å². The molecule has 2 aliphatic rings. The van der Waals surface area contributed by atoms with Gasteiger partial charge in [-0.05, 0) is 37.3 Å². The van der Waals surface area contributed by atoms with E-state index < -0.39 is 0 Å². The Morgan fingerprint density at radius 1 is 1.13 bits per heavy atom. The molecule has 1 aromatic carbocycles. The molecule has 1 amide bonds. The highest BCUT2D eigenvalue weighted by molar-refractivity contribution is 8.00. The molecule has 0 bridgehead atoms. The van der Waals surface area contributed by atoms with Gasteiger partial charge in [0.2, 0.25) is 11.9 Å². The number of thioether (sulfide) groups is 1. The number of nitrogens with zero attached hydrogens (tertiary/aromatic N) is 5. The van der Waals surface area contributed by atoms with E-state index in [1.165, 1.54) is 17.3 Å². The van der Waals surface area contributed by atoms with Crippen LogP contribution in [0, 0.1) is 5.92 Å². The van der Waals surface area contributed by atoms with E-state index >= 15 is 0 Å². The number of carbonyl (C=O) groups is 1. The molecular formula is C22H31N5O2S. The van der Waals surface area contributed by atoms with Crippen LogP contribution in [-0.4, -0.2) is 58.8 Å². The van der Waals surface area contributed by atoms with Crippen molar-refractivity contribution in [2.24, 2.45) is 5.92 Å². The number of para-hydroxylation sites is 1. The summed E-state index contributed by atoms with van der Waals surface area (Å²) in [6.45, 7) is 11.0. The maximum absolute atomic E-state index is 13.3. The van der Waals surface area contributed by atoms with Crippen LogP contribution in [0.2, 0.25) is 0 Å². The van der Waals surface area contributed by atoms with Crippen molar-refractivity contribution in [3.63, 3.8) is 0 Å². The van der Waals surface area contributed by atoms with Gasteiger partial charge in [0.25, 0.3) is 0 Å². The number of hydrogen-bond acceptors (Lipinski definition) is 6. The van der Waals surface area contributed by atoms with Crippen LogP contribution in [0.3, 0.4) is 0 Å². The zero-order valence-electron chi connectivity index (χ0n) is 18.1. The Hall–Kier alpha value is -2.06. The molecule has 1 unspecified atom stereocenters. The number of carbonyl (C=O) groups excluding carboxylic acids is 1. The van der Waals surface area contributed by atoms with Crippen LogP contribution < -0.4 is 9.80 Å². The zero-order chi connectivity index (χ0) is 21.1. The van der Waals surface area contributed by atoms with Crippen molar-refractivity contribution in [1.82, 2.24) is 14.8 Å². The van der Waals surface area contributed by atoms with Crippen LogP contribution in [0.5, 0.6) is 0 Å². The lowest BCUT2D eigenvalue weighted by atomic mass is 10.0. The van der Waals surface area contributed by atoms with Crippen molar-refractivity contribution >= 4 is 29.3 Å². The monoisotopic (exact) mass is 429 g/mol. The van der Waals surface area contributed by atoms with Crippen molar-refractivity contribution in [1.29, 1.82) is 0 Å². The third-order valence-corrected chi connectivity index (χ3v) is 6.61. The molecule has 4 rings (SSSR count). The number of benzene rings is 1. The summed E-state index contributed by atoms with van der Waals surface area (Å²) in [4.78, 5) is 17.5. The number of amides is 1. The largest absolute Gasteiger partial charge is 0.378 e. The Morgan fingerprint density at radius 3 is 2.67 bits per heavy atom. The predicted octanol–water partition coefficient (Wildman–Crippen LogP) is 3.23. The molecule has 2 aliphatic heterocycles. The zero-order valence-corrected chi connectivity index (χ0v) is 18.9. The average Bonchev–Trinajstić information content (AvgIpc) is 3.14. The second-order valence-electron chi connectivity index (χ2n) is 8.37. The molecule has 3 heterocycles. The van der Waals surface area contributed by atoms with E-state index in [1.54, 1.807) is 0 Å². The van der Waals surface area contributed by atoms with E-state index in [-0.39, 0.29) is 11.2 Å². The van der Waals surface area contributed by atoms with Gasteiger partial charge in [-0.25, -0.2) is 0 Å². The molecule has 0 N–H and O–H groups in total. The Morgan fingerprint density at radius 2 is 1.90 bits per heavy atom. The first-order valence-electron chi connectivity index (χ1n) is 10.9. The molecule has 1 saturated heterocycles. The summed E-state index contributed by atoms with van der Waals surface area (Å²) in [6.07, 6.45) is 2.04. The number of hydrogen-bond donors (Lipinski definition) is 0. The average molecular weight is 430 g/mol. The Bertz CT molecular complexity index is 878. The molecule has 0 saturated carbocycles. The normalized spacial score (nSPS) is 17.9. The number of morpholine rings is 1. The third-order valence-electron chi connectivity index (χ3n) is 5.55. The van der Waals surface area contributed by atoms with Crippen molar-refractivity contribution in [3.8, 4) is 0 Å². The van der Waals surface area contributed by atoms with E-state index in [9.17, 15) is 4.79 Å². The minimum atomic E-state index is -0.233. The fourth-order valence-electron chi connectivity index (χ4n) is 4.08. The summed E-state index contributed by atoms with van der Waals surface area (Å²) in [5.74, 6) is 1.48. The van der Waals surface area contributed by atoms with Crippen molar-refractivity contribution in [3.05, 3.63) is 29.8 Å².